The molecular weight excluding hydrogens is 288 g/mol. The van der Waals surface area contributed by atoms with Crippen LogP contribution in [0.2, 0.25) is 0 Å². The second-order valence-corrected chi connectivity index (χ2v) is 7.82. The Labute approximate surface area is 136 Å². The average Bonchev–Trinajstić information content (AvgIpc) is 3.00. The Morgan fingerprint density at radius 1 is 1.05 bits per heavy atom. The third-order valence-electron chi connectivity index (χ3n) is 5.27. The van der Waals surface area contributed by atoms with Crippen LogP contribution in [0.1, 0.15) is 71.3 Å². The van der Waals surface area contributed by atoms with E-state index < -0.39 is 0 Å². The smallest absolute Gasteiger partial charge is 0.169 e. The van der Waals surface area contributed by atoms with Gasteiger partial charge in [0.05, 0.1) is 4.88 Å². The quantitative estimate of drug-likeness (QED) is 0.644. The maximum atomic E-state index is 11.7. The van der Waals surface area contributed by atoms with Gasteiger partial charge in [-0.2, -0.15) is 0 Å². The van der Waals surface area contributed by atoms with E-state index >= 15 is 0 Å². The van der Waals surface area contributed by atoms with Gasteiger partial charge in [-0.3, -0.25) is 4.79 Å². The number of hydrogen-bond donors (Lipinski definition) is 0. The molecule has 0 N–H and O–H groups in total. The molecule has 0 spiro atoms. The molecule has 0 amide bonds. The van der Waals surface area contributed by atoms with Gasteiger partial charge >= 0.3 is 0 Å². The molecule has 2 aliphatic carbocycles. The first-order chi connectivity index (χ1) is 10.7. The fourth-order valence-electron chi connectivity index (χ4n) is 4.00. The van der Waals surface area contributed by atoms with Crippen molar-refractivity contribution in [3.05, 3.63) is 45.8 Å². The zero-order valence-electron chi connectivity index (χ0n) is 13.2. The molecule has 2 aromatic rings. The molecule has 1 fully saturated rings. The van der Waals surface area contributed by atoms with Gasteiger partial charge in [-0.05, 0) is 72.9 Å². The predicted molar refractivity (Wildman–Crippen MR) is 93.0 cm³/mol. The topological polar surface area (TPSA) is 17.1 Å². The number of ketones is 1. The first-order valence-electron chi connectivity index (χ1n) is 8.49. The number of carbonyl (C=O) groups excluding carboxylic acids is 1. The summed E-state index contributed by atoms with van der Waals surface area (Å²) in [5.74, 6) is 0.945. The maximum absolute atomic E-state index is 11.7. The van der Waals surface area contributed by atoms with E-state index in [1.165, 1.54) is 59.2 Å². The van der Waals surface area contributed by atoms with Crippen LogP contribution in [-0.2, 0) is 12.8 Å². The van der Waals surface area contributed by atoms with Gasteiger partial charge in [0.25, 0.3) is 0 Å². The second kappa shape index (κ2) is 5.66. The summed E-state index contributed by atoms with van der Waals surface area (Å²) in [4.78, 5) is 14.0. The predicted octanol–water partition coefficient (Wildman–Crippen LogP) is 5.76. The molecular formula is C20H22OS. The molecule has 2 heteroatoms. The standard InChI is InChI=1S/C20H22OS/c1-13(21)19-12-17-10-8-15-7-9-16(11-18(15)20(17)22-19)14-5-3-2-4-6-14/h7,9,11-12,14H,2-6,8,10H2,1H3. The summed E-state index contributed by atoms with van der Waals surface area (Å²) in [5, 5.41) is 0. The van der Waals surface area contributed by atoms with Crippen LogP contribution < -0.4 is 0 Å². The lowest BCUT2D eigenvalue weighted by molar-refractivity contribution is 0.102. The molecule has 0 aliphatic heterocycles. The van der Waals surface area contributed by atoms with Crippen molar-refractivity contribution < 1.29 is 4.79 Å². The molecule has 2 aliphatic rings. The van der Waals surface area contributed by atoms with Crippen LogP contribution in [0.3, 0.4) is 0 Å². The number of hydrogen-bond acceptors (Lipinski definition) is 2. The highest BCUT2D eigenvalue weighted by Crippen LogP contribution is 2.42. The normalized spacial score (nSPS) is 17.9. The lowest BCUT2D eigenvalue weighted by Crippen LogP contribution is -2.07. The zero-order chi connectivity index (χ0) is 15.1. The highest BCUT2D eigenvalue weighted by molar-refractivity contribution is 7.17. The zero-order valence-corrected chi connectivity index (χ0v) is 14.0. The molecule has 1 aromatic heterocycles. The minimum absolute atomic E-state index is 0.199. The summed E-state index contributed by atoms with van der Waals surface area (Å²) in [6.07, 6.45) is 9.03. The monoisotopic (exact) mass is 310 g/mol. The Hall–Kier alpha value is -1.41. The Bertz CT molecular complexity index is 719. The van der Waals surface area contributed by atoms with E-state index in [1.54, 1.807) is 18.3 Å². The van der Waals surface area contributed by atoms with Gasteiger partial charge in [0.15, 0.2) is 5.78 Å². The van der Waals surface area contributed by atoms with Crippen LogP contribution in [0.25, 0.3) is 10.4 Å². The van der Waals surface area contributed by atoms with Gasteiger partial charge in [-0.15, -0.1) is 11.3 Å². The van der Waals surface area contributed by atoms with Crippen LogP contribution in [-0.4, -0.2) is 5.78 Å². The van der Waals surface area contributed by atoms with E-state index in [2.05, 4.69) is 24.3 Å². The summed E-state index contributed by atoms with van der Waals surface area (Å²) in [7, 11) is 0. The Morgan fingerprint density at radius 2 is 1.82 bits per heavy atom. The van der Waals surface area contributed by atoms with Crippen LogP contribution >= 0.6 is 11.3 Å². The van der Waals surface area contributed by atoms with Gasteiger partial charge in [0.1, 0.15) is 0 Å². The molecule has 22 heavy (non-hydrogen) atoms. The number of Topliss-reactive ketones (excluding diaryl/α,β-unsaturated/α-hetero) is 1. The Kier molecular flexibility index (Phi) is 3.65. The van der Waals surface area contributed by atoms with Crippen LogP contribution in [0.4, 0.5) is 0 Å². The first-order valence-corrected chi connectivity index (χ1v) is 9.31. The number of aryl methyl sites for hydroxylation is 2. The lowest BCUT2D eigenvalue weighted by Gasteiger charge is -2.24. The van der Waals surface area contributed by atoms with Crippen molar-refractivity contribution in [3.8, 4) is 10.4 Å². The molecule has 0 atom stereocenters. The lowest BCUT2D eigenvalue weighted by atomic mass is 9.81. The third-order valence-corrected chi connectivity index (χ3v) is 6.59. The van der Waals surface area contributed by atoms with Gasteiger partial charge in [-0.25, -0.2) is 0 Å². The Morgan fingerprint density at radius 3 is 2.59 bits per heavy atom. The summed E-state index contributed by atoms with van der Waals surface area (Å²) >= 11 is 1.69. The summed E-state index contributed by atoms with van der Waals surface area (Å²) < 4.78 is 0. The minimum atomic E-state index is 0.199. The third kappa shape index (κ3) is 2.44. The van der Waals surface area contributed by atoms with Gasteiger partial charge in [0.2, 0.25) is 0 Å². The SMILES string of the molecule is CC(=O)c1cc2c(s1)-c1cc(C3CCCCC3)ccc1CC2. The molecule has 4 rings (SSSR count). The molecule has 1 aromatic carbocycles. The summed E-state index contributed by atoms with van der Waals surface area (Å²) in [6.45, 7) is 1.68. The number of carbonyl (C=O) groups is 1. The van der Waals surface area contributed by atoms with E-state index in [0.717, 1.165) is 23.6 Å². The van der Waals surface area contributed by atoms with Crippen molar-refractivity contribution in [2.24, 2.45) is 0 Å². The van der Waals surface area contributed by atoms with Crippen molar-refractivity contribution in [2.75, 3.05) is 0 Å². The van der Waals surface area contributed by atoms with Gasteiger partial charge in [0, 0.05) is 4.88 Å². The molecule has 1 saturated carbocycles. The van der Waals surface area contributed by atoms with E-state index in [4.69, 9.17) is 0 Å². The van der Waals surface area contributed by atoms with Crippen LogP contribution in [0.5, 0.6) is 0 Å². The maximum Gasteiger partial charge on any atom is 0.169 e. The fraction of sp³-hybridized carbons (Fsp3) is 0.450. The molecule has 0 radical (unpaired) electrons. The number of thiophene rings is 1. The largest absolute Gasteiger partial charge is 0.294 e. The van der Waals surface area contributed by atoms with E-state index in [-0.39, 0.29) is 5.78 Å². The molecule has 0 bridgehead atoms. The second-order valence-electron chi connectivity index (χ2n) is 6.77. The van der Waals surface area contributed by atoms with Crippen LogP contribution in [0, 0.1) is 0 Å². The summed E-state index contributed by atoms with van der Waals surface area (Å²) in [5.41, 5.74) is 5.76. The number of fused-ring (bicyclic) bond motifs is 3. The average molecular weight is 310 g/mol. The minimum Gasteiger partial charge on any atom is -0.294 e. The molecule has 0 saturated heterocycles. The van der Waals surface area contributed by atoms with Crippen molar-refractivity contribution in [3.63, 3.8) is 0 Å². The number of rotatable bonds is 2. The molecule has 1 heterocycles. The molecule has 114 valence electrons. The van der Waals surface area contributed by atoms with Crippen molar-refractivity contribution >= 4 is 17.1 Å². The van der Waals surface area contributed by atoms with Gasteiger partial charge < -0.3 is 0 Å². The molecule has 1 nitrogen and oxygen atoms in total. The summed E-state index contributed by atoms with van der Waals surface area (Å²) in [6, 6.07) is 9.26. The highest BCUT2D eigenvalue weighted by atomic mass is 32.1. The van der Waals surface area contributed by atoms with E-state index in [0.29, 0.717) is 0 Å². The van der Waals surface area contributed by atoms with Gasteiger partial charge in [-0.1, -0.05) is 31.4 Å². The first kappa shape index (κ1) is 14.2. The Balaban J connectivity index is 1.75. The highest BCUT2D eigenvalue weighted by Gasteiger charge is 2.23. The van der Waals surface area contributed by atoms with E-state index in [1.807, 2.05) is 0 Å². The van der Waals surface area contributed by atoms with Crippen LogP contribution in [0.15, 0.2) is 24.3 Å². The van der Waals surface area contributed by atoms with Crippen molar-refractivity contribution in [1.82, 2.24) is 0 Å². The van der Waals surface area contributed by atoms with Crippen molar-refractivity contribution in [2.45, 2.75) is 57.8 Å². The van der Waals surface area contributed by atoms with E-state index in [9.17, 15) is 4.79 Å². The fourth-order valence-corrected chi connectivity index (χ4v) is 5.16. The van der Waals surface area contributed by atoms with Crippen molar-refractivity contribution in [1.29, 1.82) is 0 Å². The number of benzene rings is 1. The molecule has 0 unspecified atom stereocenters.